The Morgan fingerprint density at radius 3 is 2.41 bits per heavy atom. The molecule has 0 spiro atoms. The van der Waals surface area contributed by atoms with Crippen molar-refractivity contribution < 1.29 is 28.2 Å². The van der Waals surface area contributed by atoms with Crippen LogP contribution in [0.1, 0.15) is 12.5 Å². The van der Waals surface area contributed by atoms with Gasteiger partial charge in [0.15, 0.2) is 6.10 Å². The van der Waals surface area contributed by atoms with Crippen LogP contribution in [0, 0.1) is 5.82 Å². The molecule has 2 aromatic carbocycles. The molecule has 2 rings (SSSR count). The third-order valence-electron chi connectivity index (χ3n) is 3.61. The predicted octanol–water partition coefficient (Wildman–Crippen LogP) is 3.43. The Kier molecular flexibility index (Phi) is 6.93. The number of hydrogen-bond acceptors (Lipinski definition) is 5. The third-order valence-corrected chi connectivity index (χ3v) is 3.61. The fourth-order valence-electron chi connectivity index (χ4n) is 2.15. The summed E-state index contributed by atoms with van der Waals surface area (Å²) in [6, 6.07) is 10.5. The Labute approximate surface area is 156 Å². The summed E-state index contributed by atoms with van der Waals surface area (Å²) in [4.78, 5) is 24.1. The summed E-state index contributed by atoms with van der Waals surface area (Å²) in [6.45, 7) is 1.45. The number of esters is 1. The number of carbonyl (C=O) groups is 2. The fourth-order valence-corrected chi connectivity index (χ4v) is 2.15. The molecule has 0 saturated carbocycles. The fraction of sp³-hybridized carbons (Fsp3) is 0.200. The lowest BCUT2D eigenvalue weighted by molar-refractivity contribution is -0.148. The van der Waals surface area contributed by atoms with Gasteiger partial charge in [0.05, 0.1) is 19.9 Å². The molecule has 1 N–H and O–H groups in total. The van der Waals surface area contributed by atoms with E-state index in [-0.39, 0.29) is 5.82 Å². The highest BCUT2D eigenvalue weighted by molar-refractivity contribution is 5.97. The lowest BCUT2D eigenvalue weighted by Gasteiger charge is -2.15. The maximum atomic E-state index is 12.9. The van der Waals surface area contributed by atoms with Gasteiger partial charge in [-0.15, -0.1) is 0 Å². The molecule has 0 fully saturated rings. The van der Waals surface area contributed by atoms with Crippen LogP contribution in [0.5, 0.6) is 11.5 Å². The Balaban J connectivity index is 1.97. The third kappa shape index (κ3) is 5.85. The first-order valence-corrected chi connectivity index (χ1v) is 8.10. The molecule has 1 unspecified atom stereocenters. The van der Waals surface area contributed by atoms with Crippen LogP contribution >= 0.6 is 0 Å². The molecule has 0 aliphatic carbocycles. The van der Waals surface area contributed by atoms with Crippen LogP contribution in [-0.4, -0.2) is 32.2 Å². The predicted molar refractivity (Wildman–Crippen MR) is 99.2 cm³/mol. The topological polar surface area (TPSA) is 73.9 Å². The number of anilines is 1. The molecule has 27 heavy (non-hydrogen) atoms. The summed E-state index contributed by atoms with van der Waals surface area (Å²) in [5.74, 6) is -0.602. The van der Waals surface area contributed by atoms with Gasteiger partial charge in [0.2, 0.25) is 0 Å². The van der Waals surface area contributed by atoms with Crippen molar-refractivity contribution in [2.24, 2.45) is 0 Å². The SMILES string of the molecule is COc1ccc(OC)c(NC(=O)C(C)OC(=O)/C=C/c2ccc(F)cc2)c1. The van der Waals surface area contributed by atoms with Gasteiger partial charge in [-0.1, -0.05) is 12.1 Å². The van der Waals surface area contributed by atoms with Crippen LogP contribution in [0.4, 0.5) is 10.1 Å². The molecule has 2 aromatic rings. The molecular formula is C20H20FNO5. The Morgan fingerprint density at radius 1 is 1.07 bits per heavy atom. The maximum absolute atomic E-state index is 12.9. The van der Waals surface area contributed by atoms with E-state index in [1.807, 2.05) is 0 Å². The highest BCUT2D eigenvalue weighted by atomic mass is 19.1. The standard InChI is InChI=1S/C20H20FNO5/c1-13(27-19(23)11-6-14-4-7-15(21)8-5-14)20(24)22-17-12-16(25-2)9-10-18(17)26-3/h4-13H,1-3H3,(H,22,24)/b11-6+. The summed E-state index contributed by atoms with van der Waals surface area (Å²) in [5.41, 5.74) is 1.03. The van der Waals surface area contributed by atoms with E-state index in [0.717, 1.165) is 0 Å². The number of amides is 1. The van der Waals surface area contributed by atoms with Crippen molar-refractivity contribution in [1.29, 1.82) is 0 Å². The first kappa shape index (κ1) is 20.0. The van der Waals surface area contributed by atoms with Crippen molar-refractivity contribution in [2.75, 3.05) is 19.5 Å². The lowest BCUT2D eigenvalue weighted by Crippen LogP contribution is -2.29. The van der Waals surface area contributed by atoms with Crippen molar-refractivity contribution in [2.45, 2.75) is 13.0 Å². The highest BCUT2D eigenvalue weighted by Gasteiger charge is 2.18. The zero-order valence-corrected chi connectivity index (χ0v) is 15.2. The average molecular weight is 373 g/mol. The van der Waals surface area contributed by atoms with Crippen molar-refractivity contribution in [3.05, 3.63) is 59.9 Å². The van der Waals surface area contributed by atoms with Crippen molar-refractivity contribution in [1.82, 2.24) is 0 Å². The number of hydrogen-bond donors (Lipinski definition) is 1. The number of methoxy groups -OCH3 is 2. The molecule has 1 amide bonds. The molecule has 0 radical (unpaired) electrons. The van der Waals surface area contributed by atoms with E-state index in [9.17, 15) is 14.0 Å². The minimum atomic E-state index is -1.04. The molecule has 0 saturated heterocycles. The second-order valence-electron chi connectivity index (χ2n) is 5.52. The van der Waals surface area contributed by atoms with Crippen molar-refractivity contribution in [3.8, 4) is 11.5 Å². The summed E-state index contributed by atoms with van der Waals surface area (Å²) in [5, 5.41) is 2.63. The number of benzene rings is 2. The number of halogens is 1. The summed E-state index contributed by atoms with van der Waals surface area (Å²) in [7, 11) is 2.98. The Bertz CT molecular complexity index is 833. The molecule has 0 aliphatic heterocycles. The quantitative estimate of drug-likeness (QED) is 0.595. The van der Waals surface area contributed by atoms with Crippen LogP contribution in [0.25, 0.3) is 6.08 Å². The molecule has 142 valence electrons. The second kappa shape index (κ2) is 9.38. The largest absolute Gasteiger partial charge is 0.497 e. The van der Waals surface area contributed by atoms with Gasteiger partial charge >= 0.3 is 5.97 Å². The molecule has 0 heterocycles. The Hall–Kier alpha value is -3.35. The molecule has 1 atom stereocenters. The lowest BCUT2D eigenvalue weighted by atomic mass is 10.2. The van der Waals surface area contributed by atoms with Gasteiger partial charge in [0.1, 0.15) is 17.3 Å². The van der Waals surface area contributed by atoms with Crippen LogP contribution in [0.3, 0.4) is 0 Å². The van der Waals surface area contributed by atoms with E-state index >= 15 is 0 Å². The summed E-state index contributed by atoms with van der Waals surface area (Å²) >= 11 is 0. The number of rotatable bonds is 7. The minimum Gasteiger partial charge on any atom is -0.497 e. The van der Waals surface area contributed by atoms with Gasteiger partial charge in [0.25, 0.3) is 5.91 Å². The maximum Gasteiger partial charge on any atom is 0.331 e. The smallest absolute Gasteiger partial charge is 0.331 e. The van der Waals surface area contributed by atoms with E-state index < -0.39 is 18.0 Å². The van der Waals surface area contributed by atoms with E-state index in [1.165, 1.54) is 57.6 Å². The van der Waals surface area contributed by atoms with Gasteiger partial charge in [-0.3, -0.25) is 4.79 Å². The molecule has 0 bridgehead atoms. The van der Waals surface area contributed by atoms with E-state index in [1.54, 1.807) is 18.2 Å². The monoisotopic (exact) mass is 373 g/mol. The van der Waals surface area contributed by atoms with Gasteiger partial charge in [-0.05, 0) is 42.8 Å². The normalized spacial score (nSPS) is 11.7. The molecule has 7 heteroatoms. The van der Waals surface area contributed by atoms with E-state index in [2.05, 4.69) is 5.32 Å². The van der Waals surface area contributed by atoms with Crippen LogP contribution in [-0.2, 0) is 14.3 Å². The molecular weight excluding hydrogens is 353 g/mol. The zero-order valence-electron chi connectivity index (χ0n) is 15.2. The summed E-state index contributed by atoms with van der Waals surface area (Å²) < 4.78 is 28.2. The van der Waals surface area contributed by atoms with Crippen LogP contribution < -0.4 is 14.8 Å². The second-order valence-corrected chi connectivity index (χ2v) is 5.52. The van der Waals surface area contributed by atoms with Crippen molar-refractivity contribution in [3.63, 3.8) is 0 Å². The number of ether oxygens (including phenoxy) is 3. The number of nitrogens with one attached hydrogen (secondary N) is 1. The zero-order chi connectivity index (χ0) is 19.8. The first-order valence-electron chi connectivity index (χ1n) is 8.10. The van der Waals surface area contributed by atoms with Gasteiger partial charge in [0, 0.05) is 12.1 Å². The number of carbonyl (C=O) groups excluding carboxylic acids is 2. The minimum absolute atomic E-state index is 0.368. The molecule has 0 aliphatic rings. The summed E-state index contributed by atoms with van der Waals surface area (Å²) in [6.07, 6.45) is 1.60. The van der Waals surface area contributed by atoms with Gasteiger partial charge in [-0.25, -0.2) is 9.18 Å². The van der Waals surface area contributed by atoms with E-state index in [4.69, 9.17) is 14.2 Å². The molecule has 6 nitrogen and oxygen atoms in total. The van der Waals surface area contributed by atoms with E-state index in [0.29, 0.717) is 22.7 Å². The average Bonchev–Trinajstić information content (AvgIpc) is 2.67. The van der Waals surface area contributed by atoms with Gasteiger partial charge in [-0.2, -0.15) is 0 Å². The van der Waals surface area contributed by atoms with Crippen molar-refractivity contribution >= 4 is 23.6 Å². The van der Waals surface area contributed by atoms with Crippen LogP contribution in [0.2, 0.25) is 0 Å². The van der Waals surface area contributed by atoms with Crippen LogP contribution in [0.15, 0.2) is 48.5 Å². The molecule has 0 aromatic heterocycles. The van der Waals surface area contributed by atoms with Gasteiger partial charge < -0.3 is 19.5 Å². The first-order chi connectivity index (χ1) is 12.9. The Morgan fingerprint density at radius 2 is 1.78 bits per heavy atom. The highest BCUT2D eigenvalue weighted by Crippen LogP contribution is 2.29.